The van der Waals surface area contributed by atoms with Gasteiger partial charge in [-0.1, -0.05) is 18.6 Å². The van der Waals surface area contributed by atoms with Gasteiger partial charge in [0.25, 0.3) is 0 Å². The van der Waals surface area contributed by atoms with Crippen LogP contribution in [0, 0.1) is 11.3 Å². The number of hydrogen-bond donors (Lipinski definition) is 1. The highest BCUT2D eigenvalue weighted by molar-refractivity contribution is 5.75. The first-order valence-electron chi connectivity index (χ1n) is 8.28. The minimum atomic E-state index is -0.336. The summed E-state index contributed by atoms with van der Waals surface area (Å²) in [4.78, 5) is 0. The van der Waals surface area contributed by atoms with Crippen molar-refractivity contribution in [2.45, 2.75) is 38.7 Å². The molecule has 22 heavy (non-hydrogen) atoms. The van der Waals surface area contributed by atoms with Gasteiger partial charge < -0.3 is 14.6 Å². The SMILES string of the molecule is COc1ccc2c(c1)CCC1=C2CC[C@]2(C)[C@@H](O)COC[C@@H]12. The Kier molecular flexibility index (Phi) is 3.31. The van der Waals surface area contributed by atoms with Gasteiger partial charge in [0.2, 0.25) is 0 Å². The topological polar surface area (TPSA) is 38.7 Å². The van der Waals surface area contributed by atoms with E-state index in [0.29, 0.717) is 12.5 Å². The summed E-state index contributed by atoms with van der Waals surface area (Å²) >= 11 is 0. The summed E-state index contributed by atoms with van der Waals surface area (Å²) in [7, 11) is 1.72. The molecule has 1 fully saturated rings. The van der Waals surface area contributed by atoms with Crippen molar-refractivity contribution in [2.75, 3.05) is 20.3 Å². The molecule has 0 bridgehead atoms. The zero-order chi connectivity index (χ0) is 15.3. The standard InChI is InChI=1S/C19H24O3/c1-19-8-7-15-14-6-4-13(21-2)9-12(14)3-5-16(15)17(19)10-22-11-18(19)20/h4,6,9,17-18,20H,3,5,7-8,10-11H2,1-2H3/t17-,18-,19-/m0/s1. The molecule has 3 aliphatic rings. The van der Waals surface area contributed by atoms with Gasteiger partial charge in [-0.3, -0.25) is 0 Å². The van der Waals surface area contributed by atoms with Crippen LogP contribution in [-0.4, -0.2) is 31.5 Å². The Morgan fingerprint density at radius 1 is 1.23 bits per heavy atom. The van der Waals surface area contributed by atoms with Crippen LogP contribution in [0.2, 0.25) is 0 Å². The molecule has 1 aromatic carbocycles. The van der Waals surface area contributed by atoms with Gasteiger partial charge >= 0.3 is 0 Å². The van der Waals surface area contributed by atoms with E-state index in [1.165, 1.54) is 22.3 Å². The number of aliphatic hydroxyl groups excluding tert-OH is 1. The van der Waals surface area contributed by atoms with E-state index >= 15 is 0 Å². The number of benzene rings is 1. The van der Waals surface area contributed by atoms with Crippen molar-refractivity contribution in [1.82, 2.24) is 0 Å². The fourth-order valence-corrected chi connectivity index (χ4v) is 4.62. The van der Waals surface area contributed by atoms with Crippen molar-refractivity contribution < 1.29 is 14.6 Å². The summed E-state index contributed by atoms with van der Waals surface area (Å²) in [5.74, 6) is 1.31. The molecule has 1 aromatic rings. The van der Waals surface area contributed by atoms with Crippen molar-refractivity contribution >= 4 is 5.57 Å². The van der Waals surface area contributed by atoms with Crippen LogP contribution in [0.15, 0.2) is 23.8 Å². The first kappa shape index (κ1) is 14.3. The number of aliphatic hydroxyl groups is 1. The Labute approximate surface area is 131 Å². The van der Waals surface area contributed by atoms with E-state index in [1.807, 2.05) is 0 Å². The van der Waals surface area contributed by atoms with Gasteiger partial charge in [-0.25, -0.2) is 0 Å². The maximum Gasteiger partial charge on any atom is 0.119 e. The van der Waals surface area contributed by atoms with Crippen molar-refractivity contribution in [3.8, 4) is 5.75 Å². The van der Waals surface area contributed by atoms with Crippen molar-refractivity contribution in [3.63, 3.8) is 0 Å². The van der Waals surface area contributed by atoms with Crippen LogP contribution in [0.5, 0.6) is 5.75 Å². The minimum Gasteiger partial charge on any atom is -0.497 e. The molecule has 3 heteroatoms. The van der Waals surface area contributed by atoms with Crippen molar-refractivity contribution in [2.24, 2.45) is 11.3 Å². The van der Waals surface area contributed by atoms with Gasteiger partial charge in [-0.05, 0) is 54.5 Å². The Morgan fingerprint density at radius 2 is 2.09 bits per heavy atom. The first-order valence-corrected chi connectivity index (χ1v) is 8.28. The van der Waals surface area contributed by atoms with Crippen LogP contribution in [-0.2, 0) is 11.2 Å². The Hall–Kier alpha value is -1.32. The van der Waals surface area contributed by atoms with Crippen LogP contribution in [0.3, 0.4) is 0 Å². The lowest BCUT2D eigenvalue weighted by atomic mass is 9.59. The Balaban J connectivity index is 1.78. The third-order valence-corrected chi connectivity index (χ3v) is 6.14. The van der Waals surface area contributed by atoms with Crippen molar-refractivity contribution in [3.05, 3.63) is 34.9 Å². The summed E-state index contributed by atoms with van der Waals surface area (Å²) in [6, 6.07) is 6.46. The average Bonchev–Trinajstić information content (AvgIpc) is 2.55. The molecule has 1 N–H and O–H groups in total. The summed E-state index contributed by atoms with van der Waals surface area (Å²) in [6.45, 7) is 3.50. The zero-order valence-electron chi connectivity index (χ0n) is 13.4. The zero-order valence-corrected chi connectivity index (χ0v) is 13.4. The predicted molar refractivity (Wildman–Crippen MR) is 85.9 cm³/mol. The van der Waals surface area contributed by atoms with Gasteiger partial charge in [0, 0.05) is 11.3 Å². The minimum absolute atomic E-state index is 0.0128. The Morgan fingerprint density at radius 3 is 2.91 bits per heavy atom. The normalized spacial score (nSPS) is 33.8. The highest BCUT2D eigenvalue weighted by Gasteiger charge is 2.48. The smallest absolute Gasteiger partial charge is 0.119 e. The molecule has 0 amide bonds. The van der Waals surface area contributed by atoms with Crippen LogP contribution in [0.4, 0.5) is 0 Å². The molecule has 118 valence electrons. The van der Waals surface area contributed by atoms with Crippen LogP contribution in [0.1, 0.15) is 37.3 Å². The fraction of sp³-hybridized carbons (Fsp3) is 0.579. The number of aryl methyl sites for hydroxylation is 1. The fourth-order valence-electron chi connectivity index (χ4n) is 4.62. The highest BCUT2D eigenvalue weighted by atomic mass is 16.5. The second kappa shape index (κ2) is 5.10. The van der Waals surface area contributed by atoms with Gasteiger partial charge in [0.1, 0.15) is 5.75 Å². The third-order valence-electron chi connectivity index (χ3n) is 6.14. The quantitative estimate of drug-likeness (QED) is 0.865. The molecule has 3 atom stereocenters. The molecule has 4 rings (SSSR count). The molecule has 1 aliphatic heterocycles. The maximum atomic E-state index is 10.5. The van der Waals surface area contributed by atoms with Gasteiger partial charge in [0.15, 0.2) is 0 Å². The lowest BCUT2D eigenvalue weighted by Crippen LogP contribution is -2.51. The van der Waals surface area contributed by atoms with Gasteiger partial charge in [-0.15, -0.1) is 0 Å². The van der Waals surface area contributed by atoms with E-state index in [0.717, 1.165) is 38.0 Å². The summed E-state index contributed by atoms with van der Waals surface area (Å²) < 4.78 is 11.0. The molecule has 0 aromatic heterocycles. The summed E-state index contributed by atoms with van der Waals surface area (Å²) in [6.07, 6.45) is 3.93. The third kappa shape index (κ3) is 1.95. The lowest BCUT2D eigenvalue weighted by Gasteiger charge is -2.50. The van der Waals surface area contributed by atoms with E-state index in [2.05, 4.69) is 25.1 Å². The molecule has 0 unspecified atom stereocenters. The number of rotatable bonds is 1. The van der Waals surface area contributed by atoms with E-state index < -0.39 is 0 Å². The molecule has 0 spiro atoms. The summed E-state index contributed by atoms with van der Waals surface area (Å²) in [5.41, 5.74) is 5.82. The summed E-state index contributed by atoms with van der Waals surface area (Å²) in [5, 5.41) is 10.5. The van der Waals surface area contributed by atoms with Crippen LogP contribution in [0.25, 0.3) is 5.57 Å². The number of hydrogen-bond acceptors (Lipinski definition) is 3. The largest absolute Gasteiger partial charge is 0.497 e. The van der Waals surface area contributed by atoms with E-state index in [4.69, 9.17) is 9.47 Å². The Bertz CT molecular complexity index is 634. The monoisotopic (exact) mass is 300 g/mol. The molecule has 1 saturated heterocycles. The number of methoxy groups -OCH3 is 1. The predicted octanol–water partition coefficient (Wildman–Crippen LogP) is 3.20. The molecule has 1 heterocycles. The average molecular weight is 300 g/mol. The van der Waals surface area contributed by atoms with Crippen LogP contribution >= 0.6 is 0 Å². The number of allylic oxidation sites excluding steroid dienone is 1. The lowest BCUT2D eigenvalue weighted by molar-refractivity contribution is -0.124. The molecule has 2 aliphatic carbocycles. The second-order valence-electron chi connectivity index (χ2n) is 7.14. The highest BCUT2D eigenvalue weighted by Crippen LogP contribution is 2.53. The molecule has 3 nitrogen and oxygen atoms in total. The molecular weight excluding hydrogens is 276 g/mol. The van der Waals surface area contributed by atoms with Gasteiger partial charge in [-0.2, -0.15) is 0 Å². The first-order chi connectivity index (χ1) is 10.6. The number of ether oxygens (including phenoxy) is 2. The molecular formula is C19H24O3. The van der Waals surface area contributed by atoms with Crippen LogP contribution < -0.4 is 4.74 Å². The van der Waals surface area contributed by atoms with Gasteiger partial charge in [0.05, 0.1) is 26.4 Å². The van der Waals surface area contributed by atoms with E-state index in [-0.39, 0.29) is 11.5 Å². The number of fused-ring (bicyclic) bond motifs is 4. The van der Waals surface area contributed by atoms with Crippen molar-refractivity contribution in [1.29, 1.82) is 0 Å². The van der Waals surface area contributed by atoms with E-state index in [9.17, 15) is 5.11 Å². The maximum absolute atomic E-state index is 10.5. The second-order valence-corrected chi connectivity index (χ2v) is 7.14. The molecule has 0 saturated carbocycles. The molecule has 0 radical (unpaired) electrons. The van der Waals surface area contributed by atoms with E-state index in [1.54, 1.807) is 7.11 Å².